The van der Waals surface area contributed by atoms with E-state index in [0.29, 0.717) is 21.3 Å². The van der Waals surface area contributed by atoms with Crippen LogP contribution in [0.3, 0.4) is 0 Å². The Hall–Kier alpha value is -3.07. The lowest BCUT2D eigenvalue weighted by molar-refractivity contribution is -0.139. The van der Waals surface area contributed by atoms with Crippen LogP contribution in [0, 0.1) is 13.8 Å². The summed E-state index contributed by atoms with van der Waals surface area (Å²) in [6.45, 7) is 4.89. The second-order valence-corrected chi connectivity index (χ2v) is 13.3. The second-order valence-electron chi connectivity index (χ2n) is 10.6. The molecule has 0 aliphatic heterocycles. The van der Waals surface area contributed by atoms with Crippen molar-refractivity contribution in [1.29, 1.82) is 0 Å². The van der Waals surface area contributed by atoms with Gasteiger partial charge < -0.3 is 10.2 Å². The van der Waals surface area contributed by atoms with Crippen molar-refractivity contribution in [3.05, 3.63) is 93.5 Å². The zero-order valence-corrected chi connectivity index (χ0v) is 25.8. The Bertz CT molecular complexity index is 1490. The van der Waals surface area contributed by atoms with Crippen molar-refractivity contribution >= 4 is 50.7 Å². The maximum Gasteiger partial charge on any atom is 0.264 e. The van der Waals surface area contributed by atoms with Crippen LogP contribution < -0.4 is 9.62 Å². The Labute approximate surface area is 252 Å². The standard InChI is InChI=1S/C31H35Cl2N3O4S/c1-21-15-22(2)17-27(16-21)36(41(39,40)28-11-5-4-6-12-28)20-30(37)35(19-24-13-14-25(32)18-29(24)33)23(3)31(38)34-26-9-7-8-10-26/h4-6,11-18,23,26H,7-10,19-20H2,1-3H3,(H,34,38)/t23-/m1/s1. The first-order valence-electron chi connectivity index (χ1n) is 13.7. The average Bonchev–Trinajstić information content (AvgIpc) is 3.43. The van der Waals surface area contributed by atoms with Gasteiger partial charge in [0, 0.05) is 22.6 Å². The number of carbonyl (C=O) groups is 2. The van der Waals surface area contributed by atoms with Crippen molar-refractivity contribution < 1.29 is 18.0 Å². The van der Waals surface area contributed by atoms with E-state index in [0.717, 1.165) is 41.1 Å². The first-order valence-corrected chi connectivity index (χ1v) is 15.8. The fourth-order valence-electron chi connectivity index (χ4n) is 5.15. The Balaban J connectivity index is 1.72. The minimum Gasteiger partial charge on any atom is -0.352 e. The molecule has 1 saturated carbocycles. The maximum atomic E-state index is 14.1. The van der Waals surface area contributed by atoms with E-state index in [-0.39, 0.29) is 23.4 Å². The zero-order valence-electron chi connectivity index (χ0n) is 23.4. The highest BCUT2D eigenvalue weighted by Gasteiger charge is 2.33. The molecular formula is C31H35Cl2N3O4S. The maximum absolute atomic E-state index is 14.1. The van der Waals surface area contributed by atoms with Crippen LogP contribution in [0.2, 0.25) is 10.0 Å². The number of halogens is 2. The van der Waals surface area contributed by atoms with E-state index in [4.69, 9.17) is 23.2 Å². The van der Waals surface area contributed by atoms with Crippen molar-refractivity contribution in [3.8, 4) is 0 Å². The number of benzene rings is 3. The molecule has 218 valence electrons. The molecule has 3 aromatic carbocycles. The molecular weight excluding hydrogens is 581 g/mol. The van der Waals surface area contributed by atoms with E-state index in [1.54, 1.807) is 55.5 Å². The largest absolute Gasteiger partial charge is 0.352 e. The van der Waals surface area contributed by atoms with Gasteiger partial charge in [0.1, 0.15) is 12.6 Å². The normalized spacial score (nSPS) is 14.5. The van der Waals surface area contributed by atoms with E-state index in [1.165, 1.54) is 17.0 Å². The van der Waals surface area contributed by atoms with Crippen LogP contribution in [0.15, 0.2) is 71.6 Å². The summed E-state index contributed by atoms with van der Waals surface area (Å²) in [6, 6.07) is 17.5. The summed E-state index contributed by atoms with van der Waals surface area (Å²) in [5.74, 6) is -0.831. The molecule has 0 spiro atoms. The molecule has 1 N–H and O–H groups in total. The van der Waals surface area contributed by atoms with Crippen molar-refractivity contribution in [3.63, 3.8) is 0 Å². The van der Waals surface area contributed by atoms with Gasteiger partial charge in [-0.3, -0.25) is 13.9 Å². The summed E-state index contributed by atoms with van der Waals surface area (Å²) in [5, 5.41) is 3.85. The van der Waals surface area contributed by atoms with Gasteiger partial charge in [0.25, 0.3) is 10.0 Å². The van der Waals surface area contributed by atoms with Crippen LogP contribution in [0.25, 0.3) is 0 Å². The highest BCUT2D eigenvalue weighted by molar-refractivity contribution is 7.92. The molecule has 7 nitrogen and oxygen atoms in total. The summed E-state index contributed by atoms with van der Waals surface area (Å²) in [7, 11) is -4.13. The molecule has 2 amide bonds. The molecule has 1 fully saturated rings. The number of hydrogen-bond acceptors (Lipinski definition) is 4. The Morgan fingerprint density at radius 3 is 2.20 bits per heavy atom. The number of hydrogen-bond donors (Lipinski definition) is 1. The van der Waals surface area contributed by atoms with Gasteiger partial charge in [-0.25, -0.2) is 8.42 Å². The number of nitrogens with zero attached hydrogens (tertiary/aromatic N) is 2. The molecule has 1 aliphatic rings. The topological polar surface area (TPSA) is 86.8 Å². The number of carbonyl (C=O) groups excluding carboxylic acids is 2. The predicted octanol–water partition coefficient (Wildman–Crippen LogP) is 6.28. The van der Waals surface area contributed by atoms with Gasteiger partial charge in [0.2, 0.25) is 11.8 Å². The minimum absolute atomic E-state index is 0.000157. The molecule has 0 radical (unpaired) electrons. The molecule has 0 unspecified atom stereocenters. The Morgan fingerprint density at radius 2 is 1.59 bits per heavy atom. The molecule has 0 bridgehead atoms. The van der Waals surface area contributed by atoms with Crippen LogP contribution in [0.5, 0.6) is 0 Å². The summed E-state index contributed by atoms with van der Waals surface area (Å²) in [5.41, 5.74) is 2.67. The number of amides is 2. The smallest absolute Gasteiger partial charge is 0.264 e. The molecule has 4 rings (SSSR count). The Kier molecular flexibility index (Phi) is 10.00. The fraction of sp³-hybridized carbons (Fsp3) is 0.355. The van der Waals surface area contributed by atoms with E-state index in [1.807, 2.05) is 19.9 Å². The van der Waals surface area contributed by atoms with E-state index < -0.39 is 28.5 Å². The number of nitrogens with one attached hydrogen (secondary N) is 1. The minimum atomic E-state index is -4.13. The highest BCUT2D eigenvalue weighted by atomic mass is 35.5. The summed E-state index contributed by atoms with van der Waals surface area (Å²) in [4.78, 5) is 28.9. The van der Waals surface area contributed by atoms with Crippen LogP contribution >= 0.6 is 23.2 Å². The molecule has 10 heteroatoms. The molecule has 0 saturated heterocycles. The SMILES string of the molecule is Cc1cc(C)cc(N(CC(=O)N(Cc2ccc(Cl)cc2Cl)[C@H](C)C(=O)NC2CCCC2)S(=O)(=O)c2ccccc2)c1. The first kappa shape index (κ1) is 30.9. The molecule has 1 aliphatic carbocycles. The van der Waals surface area contributed by atoms with E-state index >= 15 is 0 Å². The molecule has 0 aromatic heterocycles. The van der Waals surface area contributed by atoms with Gasteiger partial charge in [-0.15, -0.1) is 0 Å². The lowest BCUT2D eigenvalue weighted by Gasteiger charge is -2.33. The van der Waals surface area contributed by atoms with Gasteiger partial charge in [-0.05, 0) is 86.7 Å². The third kappa shape index (κ3) is 7.61. The van der Waals surface area contributed by atoms with Crippen LogP contribution in [0.1, 0.15) is 49.3 Å². The average molecular weight is 617 g/mol. The van der Waals surface area contributed by atoms with Crippen molar-refractivity contribution in [2.24, 2.45) is 0 Å². The monoisotopic (exact) mass is 615 g/mol. The molecule has 0 heterocycles. The van der Waals surface area contributed by atoms with Crippen LogP contribution in [-0.4, -0.2) is 43.8 Å². The van der Waals surface area contributed by atoms with E-state index in [9.17, 15) is 18.0 Å². The molecule has 1 atom stereocenters. The van der Waals surface area contributed by atoms with Gasteiger partial charge in [-0.1, -0.05) is 66.4 Å². The van der Waals surface area contributed by atoms with Crippen LogP contribution in [0.4, 0.5) is 5.69 Å². The van der Waals surface area contributed by atoms with Crippen LogP contribution in [-0.2, 0) is 26.2 Å². The molecule has 3 aromatic rings. The molecule has 41 heavy (non-hydrogen) atoms. The lowest BCUT2D eigenvalue weighted by Crippen LogP contribution is -2.52. The van der Waals surface area contributed by atoms with Gasteiger partial charge in [0.15, 0.2) is 0 Å². The van der Waals surface area contributed by atoms with Crippen molar-refractivity contribution in [2.45, 2.75) is 70.0 Å². The third-order valence-electron chi connectivity index (χ3n) is 7.33. The van der Waals surface area contributed by atoms with Crippen molar-refractivity contribution in [2.75, 3.05) is 10.8 Å². The first-order chi connectivity index (χ1) is 19.5. The number of aryl methyl sites for hydroxylation is 2. The van der Waals surface area contributed by atoms with Crippen molar-refractivity contribution in [1.82, 2.24) is 10.2 Å². The summed E-state index contributed by atoms with van der Waals surface area (Å²) in [6.07, 6.45) is 3.88. The second kappa shape index (κ2) is 13.3. The van der Waals surface area contributed by atoms with Gasteiger partial charge in [0.05, 0.1) is 10.6 Å². The fourth-order valence-corrected chi connectivity index (χ4v) is 7.04. The summed E-state index contributed by atoms with van der Waals surface area (Å²) >= 11 is 12.6. The van der Waals surface area contributed by atoms with E-state index in [2.05, 4.69) is 5.32 Å². The highest BCUT2D eigenvalue weighted by Crippen LogP contribution is 2.28. The number of sulfonamides is 1. The lowest BCUT2D eigenvalue weighted by atomic mass is 10.1. The summed E-state index contributed by atoms with van der Waals surface area (Å²) < 4.78 is 29.0. The zero-order chi connectivity index (χ0) is 29.7. The number of anilines is 1. The quantitative estimate of drug-likeness (QED) is 0.291. The Morgan fingerprint density at radius 1 is 0.951 bits per heavy atom. The predicted molar refractivity (Wildman–Crippen MR) is 164 cm³/mol. The van der Waals surface area contributed by atoms with Gasteiger partial charge >= 0.3 is 0 Å². The third-order valence-corrected chi connectivity index (χ3v) is 9.70. The number of rotatable bonds is 10. The van der Waals surface area contributed by atoms with Gasteiger partial charge in [-0.2, -0.15) is 0 Å².